The van der Waals surface area contributed by atoms with Crippen LogP contribution in [0, 0.1) is 5.92 Å². The molecule has 0 unspecified atom stereocenters. The molecule has 2 fully saturated rings. The standard InChI is InChI=1S/C8H14N2O/c9-7-4-5-1-2-6(3-5)10-8(7)11/h5-7H,1-4,9H2,(H,10,11)/t5-,6+,7-/m1/s1. The lowest BCUT2D eigenvalue weighted by atomic mass is 9.99. The molecule has 1 saturated carbocycles. The van der Waals surface area contributed by atoms with Gasteiger partial charge >= 0.3 is 0 Å². The second-order valence-electron chi connectivity index (χ2n) is 3.73. The van der Waals surface area contributed by atoms with Crippen LogP contribution in [0.2, 0.25) is 0 Å². The Morgan fingerprint density at radius 1 is 1.36 bits per heavy atom. The van der Waals surface area contributed by atoms with Crippen molar-refractivity contribution in [3.63, 3.8) is 0 Å². The number of fused-ring (bicyclic) bond motifs is 2. The number of carbonyl (C=O) groups is 1. The van der Waals surface area contributed by atoms with Crippen molar-refractivity contribution in [2.75, 3.05) is 0 Å². The minimum absolute atomic E-state index is 0.0530. The molecule has 1 saturated heterocycles. The third-order valence-electron chi connectivity index (χ3n) is 2.81. The van der Waals surface area contributed by atoms with E-state index in [1.165, 1.54) is 6.42 Å². The predicted molar refractivity (Wildman–Crippen MR) is 41.9 cm³/mol. The first-order valence-electron chi connectivity index (χ1n) is 4.31. The third-order valence-corrected chi connectivity index (χ3v) is 2.81. The van der Waals surface area contributed by atoms with Gasteiger partial charge in [0.2, 0.25) is 5.91 Å². The molecule has 3 heteroatoms. The van der Waals surface area contributed by atoms with Gasteiger partial charge < -0.3 is 11.1 Å². The van der Waals surface area contributed by atoms with Crippen LogP contribution in [0.4, 0.5) is 0 Å². The van der Waals surface area contributed by atoms with Crippen LogP contribution in [-0.4, -0.2) is 18.0 Å². The van der Waals surface area contributed by atoms with Gasteiger partial charge in [-0.3, -0.25) is 4.79 Å². The second-order valence-corrected chi connectivity index (χ2v) is 3.73. The fraction of sp³-hybridized carbons (Fsp3) is 0.875. The second kappa shape index (κ2) is 2.48. The number of hydrogen-bond acceptors (Lipinski definition) is 2. The van der Waals surface area contributed by atoms with Crippen molar-refractivity contribution in [1.29, 1.82) is 0 Å². The van der Waals surface area contributed by atoms with Gasteiger partial charge in [-0.2, -0.15) is 0 Å². The highest BCUT2D eigenvalue weighted by molar-refractivity contribution is 5.82. The summed E-state index contributed by atoms with van der Waals surface area (Å²) < 4.78 is 0. The SMILES string of the molecule is N[C@@H]1C[C@@H]2CC[C@@H](C2)NC1=O. The molecule has 1 aliphatic carbocycles. The Morgan fingerprint density at radius 2 is 2.18 bits per heavy atom. The zero-order chi connectivity index (χ0) is 7.84. The highest BCUT2D eigenvalue weighted by Gasteiger charge is 2.33. The van der Waals surface area contributed by atoms with E-state index >= 15 is 0 Å². The van der Waals surface area contributed by atoms with Crippen LogP contribution in [0.15, 0.2) is 0 Å². The lowest BCUT2D eigenvalue weighted by Crippen LogP contribution is -2.43. The maximum absolute atomic E-state index is 11.2. The molecule has 0 aromatic carbocycles. The predicted octanol–water partition coefficient (Wildman–Crippen LogP) is 0.00230. The van der Waals surface area contributed by atoms with Crippen molar-refractivity contribution in [3.8, 4) is 0 Å². The monoisotopic (exact) mass is 154 g/mol. The Morgan fingerprint density at radius 3 is 3.00 bits per heavy atom. The molecule has 3 N–H and O–H groups in total. The molecular weight excluding hydrogens is 140 g/mol. The van der Waals surface area contributed by atoms with Crippen LogP contribution in [-0.2, 0) is 4.79 Å². The zero-order valence-electron chi connectivity index (χ0n) is 6.55. The number of nitrogens with one attached hydrogen (secondary N) is 1. The first kappa shape index (κ1) is 7.10. The summed E-state index contributed by atoms with van der Waals surface area (Å²) in [6, 6.07) is 0.186. The van der Waals surface area contributed by atoms with E-state index in [-0.39, 0.29) is 11.9 Å². The van der Waals surface area contributed by atoms with Gasteiger partial charge in [0.25, 0.3) is 0 Å². The summed E-state index contributed by atoms with van der Waals surface area (Å²) in [7, 11) is 0. The van der Waals surface area contributed by atoms with Gasteiger partial charge in [-0.1, -0.05) is 0 Å². The first-order chi connectivity index (χ1) is 5.25. The van der Waals surface area contributed by atoms with E-state index in [4.69, 9.17) is 5.73 Å². The van der Waals surface area contributed by atoms with Gasteiger partial charge in [-0.05, 0) is 31.6 Å². The van der Waals surface area contributed by atoms with E-state index in [9.17, 15) is 4.79 Å². The summed E-state index contributed by atoms with van der Waals surface area (Å²) in [6.07, 6.45) is 4.45. The molecule has 0 radical (unpaired) electrons. The maximum atomic E-state index is 11.2. The molecule has 3 atom stereocenters. The topological polar surface area (TPSA) is 55.1 Å². The van der Waals surface area contributed by atoms with Gasteiger partial charge in [-0.15, -0.1) is 0 Å². The lowest BCUT2D eigenvalue weighted by Gasteiger charge is -2.14. The summed E-state index contributed by atoms with van der Waals surface area (Å²) in [5.41, 5.74) is 5.65. The van der Waals surface area contributed by atoms with Crippen molar-refractivity contribution in [1.82, 2.24) is 5.32 Å². The van der Waals surface area contributed by atoms with E-state index < -0.39 is 0 Å². The molecule has 2 aliphatic rings. The van der Waals surface area contributed by atoms with E-state index in [1.54, 1.807) is 0 Å². The Balaban J connectivity index is 2.10. The Kier molecular flexibility index (Phi) is 1.60. The zero-order valence-corrected chi connectivity index (χ0v) is 6.55. The highest BCUT2D eigenvalue weighted by Crippen LogP contribution is 2.31. The fourth-order valence-electron chi connectivity index (χ4n) is 2.19. The Bertz CT molecular complexity index is 181. The number of rotatable bonds is 0. The van der Waals surface area contributed by atoms with Crippen LogP contribution >= 0.6 is 0 Å². The molecule has 62 valence electrons. The van der Waals surface area contributed by atoms with Gasteiger partial charge in [-0.25, -0.2) is 0 Å². The molecule has 11 heavy (non-hydrogen) atoms. The quantitative estimate of drug-likeness (QED) is 0.516. The molecule has 0 aromatic heterocycles. The molecular formula is C8H14N2O. The van der Waals surface area contributed by atoms with Gasteiger partial charge in [0.05, 0.1) is 6.04 Å². The third kappa shape index (κ3) is 1.25. The Labute approximate surface area is 66.3 Å². The normalized spacial score (nSPS) is 43.4. The molecule has 0 aromatic rings. The number of hydrogen-bond donors (Lipinski definition) is 2. The van der Waals surface area contributed by atoms with Crippen molar-refractivity contribution in [2.45, 2.75) is 37.8 Å². The summed E-state index contributed by atoms with van der Waals surface area (Å²) in [6.45, 7) is 0. The van der Waals surface area contributed by atoms with Crippen molar-refractivity contribution in [2.24, 2.45) is 11.7 Å². The summed E-state index contributed by atoms with van der Waals surface area (Å²) in [5.74, 6) is 0.756. The smallest absolute Gasteiger partial charge is 0.237 e. The van der Waals surface area contributed by atoms with Crippen LogP contribution in [0.3, 0.4) is 0 Å². The molecule has 1 amide bonds. The maximum Gasteiger partial charge on any atom is 0.237 e. The summed E-state index contributed by atoms with van der Waals surface area (Å²) >= 11 is 0. The molecule has 0 spiro atoms. The van der Waals surface area contributed by atoms with E-state index in [0.717, 1.165) is 19.3 Å². The van der Waals surface area contributed by atoms with Crippen molar-refractivity contribution >= 4 is 5.91 Å². The largest absolute Gasteiger partial charge is 0.352 e. The molecule has 2 bridgehead atoms. The molecule has 1 heterocycles. The van der Waals surface area contributed by atoms with E-state index in [2.05, 4.69) is 5.32 Å². The van der Waals surface area contributed by atoms with Crippen LogP contribution in [0.25, 0.3) is 0 Å². The van der Waals surface area contributed by atoms with Crippen molar-refractivity contribution < 1.29 is 4.79 Å². The summed E-state index contributed by atoms with van der Waals surface area (Å²) in [5, 5.41) is 2.96. The molecule has 2 rings (SSSR count). The number of nitrogens with two attached hydrogens (primary N) is 1. The Hall–Kier alpha value is -0.570. The van der Waals surface area contributed by atoms with E-state index in [0.29, 0.717) is 12.0 Å². The first-order valence-corrected chi connectivity index (χ1v) is 4.31. The fourth-order valence-corrected chi connectivity index (χ4v) is 2.19. The van der Waals surface area contributed by atoms with E-state index in [1.807, 2.05) is 0 Å². The van der Waals surface area contributed by atoms with Gasteiger partial charge in [0.15, 0.2) is 0 Å². The average Bonchev–Trinajstić information content (AvgIpc) is 2.30. The highest BCUT2D eigenvalue weighted by atomic mass is 16.2. The lowest BCUT2D eigenvalue weighted by molar-refractivity contribution is -0.122. The van der Waals surface area contributed by atoms with Gasteiger partial charge in [0, 0.05) is 6.04 Å². The number of carbonyl (C=O) groups excluding carboxylic acids is 1. The average molecular weight is 154 g/mol. The molecule has 1 aliphatic heterocycles. The van der Waals surface area contributed by atoms with Gasteiger partial charge in [0.1, 0.15) is 0 Å². The minimum Gasteiger partial charge on any atom is -0.352 e. The number of amides is 1. The molecule has 3 nitrogen and oxygen atoms in total. The summed E-state index contributed by atoms with van der Waals surface area (Å²) in [4.78, 5) is 11.2. The minimum atomic E-state index is -0.245. The van der Waals surface area contributed by atoms with Crippen LogP contribution in [0.1, 0.15) is 25.7 Å². The van der Waals surface area contributed by atoms with Crippen LogP contribution < -0.4 is 11.1 Å². The van der Waals surface area contributed by atoms with Crippen molar-refractivity contribution in [3.05, 3.63) is 0 Å². The van der Waals surface area contributed by atoms with Crippen LogP contribution in [0.5, 0.6) is 0 Å².